The third-order valence-corrected chi connectivity index (χ3v) is 3.12. The molecule has 1 atom stereocenters. The fraction of sp³-hybridized carbons (Fsp3) is 0.533. The number of carbonyl (C=O) groups excluding carboxylic acids is 1. The molecule has 0 aliphatic rings. The average Bonchev–Trinajstić information content (AvgIpc) is 2.43. The molecule has 126 valence electrons. The van der Waals surface area contributed by atoms with Crippen molar-refractivity contribution in [2.45, 2.75) is 26.4 Å². The van der Waals surface area contributed by atoms with Gasteiger partial charge in [-0.25, -0.2) is 0 Å². The van der Waals surface area contributed by atoms with Crippen LogP contribution in [0.15, 0.2) is 24.3 Å². The zero-order valence-electron chi connectivity index (χ0n) is 12.7. The summed E-state index contributed by atoms with van der Waals surface area (Å²) in [5.74, 6) is -0.365. The Bertz CT molecular complexity index is 449. The van der Waals surface area contributed by atoms with E-state index < -0.39 is 11.7 Å². The summed E-state index contributed by atoms with van der Waals surface area (Å²) in [5.41, 5.74) is 0.0475. The van der Waals surface area contributed by atoms with E-state index in [1.165, 1.54) is 12.1 Å². The van der Waals surface area contributed by atoms with Gasteiger partial charge >= 0.3 is 6.18 Å². The first kappa shape index (κ1) is 20.7. The molecule has 0 aromatic heterocycles. The number of benzene rings is 1. The highest BCUT2D eigenvalue weighted by molar-refractivity contribution is 5.85. The summed E-state index contributed by atoms with van der Waals surface area (Å²) in [7, 11) is 0. The van der Waals surface area contributed by atoms with Crippen LogP contribution >= 0.6 is 12.4 Å². The topological polar surface area (TPSA) is 41.1 Å². The van der Waals surface area contributed by atoms with Gasteiger partial charge in [0.05, 0.1) is 5.56 Å². The van der Waals surface area contributed by atoms with E-state index in [4.69, 9.17) is 0 Å². The minimum atomic E-state index is -4.33. The van der Waals surface area contributed by atoms with Crippen LogP contribution < -0.4 is 10.6 Å². The SMILES string of the molecule is CCNCCNC(=O)C(C)Cc1ccc(C(F)(F)F)cc1.Cl. The van der Waals surface area contributed by atoms with E-state index in [0.717, 1.165) is 24.2 Å². The number of carbonyl (C=O) groups is 1. The van der Waals surface area contributed by atoms with Crippen LogP contribution in [0.25, 0.3) is 0 Å². The molecule has 0 spiro atoms. The molecule has 0 saturated carbocycles. The summed E-state index contributed by atoms with van der Waals surface area (Å²) in [6.45, 7) is 5.84. The molecule has 1 amide bonds. The summed E-state index contributed by atoms with van der Waals surface area (Å²) in [4.78, 5) is 11.8. The number of alkyl halides is 3. The Morgan fingerprint density at radius 3 is 2.27 bits per heavy atom. The molecule has 1 aromatic carbocycles. The molecule has 2 N–H and O–H groups in total. The molecule has 0 radical (unpaired) electrons. The van der Waals surface area contributed by atoms with Gasteiger partial charge < -0.3 is 10.6 Å². The molecule has 0 bridgehead atoms. The molecule has 0 aliphatic carbocycles. The number of hydrogen-bond donors (Lipinski definition) is 2. The predicted molar refractivity (Wildman–Crippen MR) is 83.1 cm³/mol. The van der Waals surface area contributed by atoms with Gasteiger partial charge in [0, 0.05) is 19.0 Å². The van der Waals surface area contributed by atoms with Crippen molar-refractivity contribution in [3.05, 3.63) is 35.4 Å². The van der Waals surface area contributed by atoms with Gasteiger partial charge in [-0.3, -0.25) is 4.79 Å². The molecule has 0 aliphatic heterocycles. The van der Waals surface area contributed by atoms with Crippen molar-refractivity contribution in [1.82, 2.24) is 10.6 Å². The maximum atomic E-state index is 12.4. The lowest BCUT2D eigenvalue weighted by Gasteiger charge is -2.13. The standard InChI is InChI=1S/C15H21F3N2O.ClH/c1-3-19-8-9-20-14(21)11(2)10-12-4-6-13(7-5-12)15(16,17)18;/h4-7,11,19H,3,8-10H2,1-2H3,(H,20,21);1H. The van der Waals surface area contributed by atoms with Crippen molar-refractivity contribution in [3.8, 4) is 0 Å². The monoisotopic (exact) mass is 338 g/mol. The normalized spacial score (nSPS) is 12.4. The summed E-state index contributed by atoms with van der Waals surface area (Å²) in [6, 6.07) is 4.94. The van der Waals surface area contributed by atoms with Crippen LogP contribution in [0.3, 0.4) is 0 Å². The van der Waals surface area contributed by atoms with Crippen LogP contribution in [0.4, 0.5) is 13.2 Å². The van der Waals surface area contributed by atoms with Crippen molar-refractivity contribution in [1.29, 1.82) is 0 Å². The Hall–Kier alpha value is -1.27. The van der Waals surface area contributed by atoms with Gasteiger partial charge in [-0.2, -0.15) is 13.2 Å². The third-order valence-electron chi connectivity index (χ3n) is 3.12. The molecule has 1 unspecified atom stereocenters. The van der Waals surface area contributed by atoms with Gasteiger partial charge in [0.15, 0.2) is 0 Å². The van der Waals surface area contributed by atoms with Gasteiger partial charge in [0.25, 0.3) is 0 Å². The zero-order valence-corrected chi connectivity index (χ0v) is 13.5. The van der Waals surface area contributed by atoms with Gasteiger partial charge in [-0.05, 0) is 30.7 Å². The number of halogens is 4. The number of likely N-dealkylation sites (N-methyl/N-ethyl adjacent to an activating group) is 1. The van der Waals surface area contributed by atoms with Crippen molar-refractivity contribution in [2.75, 3.05) is 19.6 Å². The molecular weight excluding hydrogens is 317 g/mol. The Kier molecular flexibility index (Phi) is 9.13. The van der Waals surface area contributed by atoms with Gasteiger partial charge in [0.1, 0.15) is 0 Å². The van der Waals surface area contributed by atoms with E-state index in [1.807, 2.05) is 6.92 Å². The lowest BCUT2D eigenvalue weighted by molar-refractivity contribution is -0.137. The van der Waals surface area contributed by atoms with E-state index in [2.05, 4.69) is 10.6 Å². The second-order valence-corrected chi connectivity index (χ2v) is 4.94. The van der Waals surface area contributed by atoms with E-state index in [9.17, 15) is 18.0 Å². The average molecular weight is 339 g/mol. The first-order valence-corrected chi connectivity index (χ1v) is 6.99. The first-order valence-electron chi connectivity index (χ1n) is 6.99. The number of rotatable bonds is 7. The van der Waals surface area contributed by atoms with Crippen LogP contribution in [0.2, 0.25) is 0 Å². The molecule has 0 saturated heterocycles. The van der Waals surface area contributed by atoms with Crippen LogP contribution in [-0.2, 0) is 17.4 Å². The molecular formula is C15H22ClF3N2O. The fourth-order valence-electron chi connectivity index (χ4n) is 1.90. The second-order valence-electron chi connectivity index (χ2n) is 4.94. The number of amides is 1. The molecule has 0 heterocycles. The molecule has 7 heteroatoms. The third kappa shape index (κ3) is 7.13. The van der Waals surface area contributed by atoms with Crippen LogP contribution in [-0.4, -0.2) is 25.5 Å². The highest BCUT2D eigenvalue weighted by atomic mass is 35.5. The Morgan fingerprint density at radius 1 is 1.18 bits per heavy atom. The van der Waals surface area contributed by atoms with Crippen LogP contribution in [0.5, 0.6) is 0 Å². The highest BCUT2D eigenvalue weighted by Crippen LogP contribution is 2.29. The zero-order chi connectivity index (χ0) is 15.9. The largest absolute Gasteiger partial charge is 0.416 e. The van der Waals surface area contributed by atoms with E-state index in [1.54, 1.807) is 6.92 Å². The predicted octanol–water partition coefficient (Wildman–Crippen LogP) is 3.03. The molecule has 1 rings (SSSR count). The summed E-state index contributed by atoms with van der Waals surface area (Å²) in [5, 5.41) is 5.88. The fourth-order valence-corrected chi connectivity index (χ4v) is 1.90. The maximum absolute atomic E-state index is 12.4. The Labute approximate surface area is 135 Å². The lowest BCUT2D eigenvalue weighted by Crippen LogP contribution is -2.35. The van der Waals surface area contributed by atoms with Crippen molar-refractivity contribution in [2.24, 2.45) is 5.92 Å². The van der Waals surface area contributed by atoms with Gasteiger partial charge in [0.2, 0.25) is 5.91 Å². The second kappa shape index (κ2) is 9.69. The summed E-state index contributed by atoms with van der Waals surface area (Å²) < 4.78 is 37.3. The molecule has 0 fully saturated rings. The van der Waals surface area contributed by atoms with Gasteiger partial charge in [-0.1, -0.05) is 26.0 Å². The van der Waals surface area contributed by atoms with Gasteiger partial charge in [-0.15, -0.1) is 12.4 Å². The maximum Gasteiger partial charge on any atom is 0.416 e. The minimum Gasteiger partial charge on any atom is -0.355 e. The highest BCUT2D eigenvalue weighted by Gasteiger charge is 2.30. The van der Waals surface area contributed by atoms with Crippen molar-refractivity contribution < 1.29 is 18.0 Å². The smallest absolute Gasteiger partial charge is 0.355 e. The Balaban J connectivity index is 0.00000441. The quantitative estimate of drug-likeness (QED) is 0.750. The van der Waals surface area contributed by atoms with Crippen molar-refractivity contribution >= 4 is 18.3 Å². The number of hydrogen-bond acceptors (Lipinski definition) is 2. The van der Waals surface area contributed by atoms with Crippen molar-refractivity contribution in [3.63, 3.8) is 0 Å². The summed E-state index contributed by atoms with van der Waals surface area (Å²) in [6.07, 6.45) is -3.90. The molecule has 3 nitrogen and oxygen atoms in total. The number of nitrogens with one attached hydrogen (secondary N) is 2. The van der Waals surface area contributed by atoms with E-state index >= 15 is 0 Å². The summed E-state index contributed by atoms with van der Waals surface area (Å²) >= 11 is 0. The van der Waals surface area contributed by atoms with Crippen LogP contribution in [0, 0.1) is 5.92 Å². The molecule has 22 heavy (non-hydrogen) atoms. The van der Waals surface area contributed by atoms with E-state index in [0.29, 0.717) is 19.5 Å². The molecule has 1 aromatic rings. The lowest BCUT2D eigenvalue weighted by atomic mass is 9.99. The van der Waals surface area contributed by atoms with Crippen LogP contribution in [0.1, 0.15) is 25.0 Å². The minimum absolute atomic E-state index is 0. The Morgan fingerprint density at radius 2 is 1.77 bits per heavy atom. The first-order chi connectivity index (χ1) is 9.84. The van der Waals surface area contributed by atoms with E-state index in [-0.39, 0.29) is 24.2 Å².